The van der Waals surface area contributed by atoms with Gasteiger partial charge < -0.3 is 10.4 Å². The Balaban J connectivity index is 1.55. The highest BCUT2D eigenvalue weighted by Gasteiger charge is 2.25. The molecule has 1 amide bonds. The maximum absolute atomic E-state index is 13.8. The summed E-state index contributed by atoms with van der Waals surface area (Å²) in [5.41, 5.74) is 1.10. The van der Waals surface area contributed by atoms with E-state index in [1.165, 1.54) is 11.6 Å². The van der Waals surface area contributed by atoms with Crippen molar-refractivity contribution in [1.29, 1.82) is 0 Å². The highest BCUT2D eigenvalue weighted by atomic mass is 19.1. The molecule has 1 fully saturated rings. The summed E-state index contributed by atoms with van der Waals surface area (Å²) in [6.07, 6.45) is 1.39. The number of benzene rings is 2. The van der Waals surface area contributed by atoms with Crippen molar-refractivity contribution in [3.63, 3.8) is 0 Å². The Morgan fingerprint density at radius 3 is 2.46 bits per heavy atom. The van der Waals surface area contributed by atoms with Crippen LogP contribution in [0, 0.1) is 11.7 Å². The molecule has 5 nitrogen and oxygen atoms in total. The molecule has 0 radical (unpaired) electrons. The predicted octanol–water partition coefficient (Wildman–Crippen LogP) is 3.37. The number of piperidine rings is 1. The zero-order valence-electron chi connectivity index (χ0n) is 14.3. The first-order chi connectivity index (χ1) is 12.5. The highest BCUT2D eigenvalue weighted by molar-refractivity contribution is 5.95. The van der Waals surface area contributed by atoms with Gasteiger partial charge in [-0.15, -0.1) is 0 Å². The minimum atomic E-state index is -1.16. The smallest absolute Gasteiger partial charge is 0.335 e. The number of likely N-dealkylation sites (tertiary alicyclic amines) is 1. The van der Waals surface area contributed by atoms with E-state index in [0.29, 0.717) is 12.8 Å². The molecule has 0 aliphatic carbocycles. The second kappa shape index (κ2) is 8.10. The van der Waals surface area contributed by atoms with Crippen molar-refractivity contribution in [2.45, 2.75) is 19.4 Å². The predicted molar refractivity (Wildman–Crippen MR) is 96.4 cm³/mol. The lowest BCUT2D eigenvalue weighted by molar-refractivity contribution is -0.121. The van der Waals surface area contributed by atoms with Crippen molar-refractivity contribution in [1.82, 2.24) is 4.90 Å². The van der Waals surface area contributed by atoms with Gasteiger partial charge >= 0.3 is 5.97 Å². The Bertz CT molecular complexity index is 787. The van der Waals surface area contributed by atoms with Crippen molar-refractivity contribution in [2.24, 2.45) is 5.92 Å². The molecule has 26 heavy (non-hydrogen) atoms. The van der Waals surface area contributed by atoms with Crippen LogP contribution in [0.4, 0.5) is 10.1 Å². The lowest BCUT2D eigenvalue weighted by atomic mass is 9.95. The molecule has 0 bridgehead atoms. The second-order valence-electron chi connectivity index (χ2n) is 6.53. The van der Waals surface area contributed by atoms with E-state index in [1.807, 2.05) is 18.2 Å². The van der Waals surface area contributed by atoms with Crippen LogP contribution in [0.2, 0.25) is 0 Å². The lowest BCUT2D eigenvalue weighted by Gasteiger charge is -2.31. The normalized spacial score (nSPS) is 15.6. The average Bonchev–Trinajstić information content (AvgIpc) is 2.64. The Morgan fingerprint density at radius 2 is 1.81 bits per heavy atom. The van der Waals surface area contributed by atoms with Crippen LogP contribution in [0.1, 0.15) is 28.8 Å². The van der Waals surface area contributed by atoms with Gasteiger partial charge in [0.25, 0.3) is 0 Å². The molecule has 0 spiro atoms. The number of hydrogen-bond donors (Lipinski definition) is 2. The lowest BCUT2D eigenvalue weighted by Crippen LogP contribution is -2.37. The van der Waals surface area contributed by atoms with E-state index in [0.717, 1.165) is 31.8 Å². The van der Waals surface area contributed by atoms with E-state index in [9.17, 15) is 14.0 Å². The Kier molecular flexibility index (Phi) is 5.63. The van der Waals surface area contributed by atoms with E-state index in [2.05, 4.69) is 22.3 Å². The number of amides is 1. The van der Waals surface area contributed by atoms with E-state index in [-0.39, 0.29) is 23.1 Å². The Hall–Kier alpha value is -2.73. The van der Waals surface area contributed by atoms with Crippen molar-refractivity contribution in [3.8, 4) is 0 Å². The number of rotatable bonds is 5. The average molecular weight is 356 g/mol. The van der Waals surface area contributed by atoms with Crippen LogP contribution in [0.5, 0.6) is 0 Å². The number of carboxylic acids is 1. The van der Waals surface area contributed by atoms with E-state index in [4.69, 9.17) is 5.11 Å². The summed E-state index contributed by atoms with van der Waals surface area (Å²) in [5, 5.41) is 11.5. The zero-order valence-corrected chi connectivity index (χ0v) is 14.3. The fourth-order valence-electron chi connectivity index (χ4n) is 3.18. The van der Waals surface area contributed by atoms with Crippen LogP contribution >= 0.6 is 0 Å². The molecular weight excluding hydrogens is 335 g/mol. The van der Waals surface area contributed by atoms with Gasteiger partial charge in [-0.2, -0.15) is 0 Å². The molecule has 2 N–H and O–H groups in total. The first-order valence-corrected chi connectivity index (χ1v) is 8.63. The number of carbonyl (C=O) groups excluding carboxylic acids is 1. The number of carboxylic acid groups (broad SMARTS) is 1. The van der Waals surface area contributed by atoms with Crippen LogP contribution in [-0.4, -0.2) is 35.0 Å². The summed E-state index contributed by atoms with van der Waals surface area (Å²) in [5.74, 6) is -2.25. The minimum absolute atomic E-state index is 0.0561. The topological polar surface area (TPSA) is 69.6 Å². The number of nitrogens with zero attached hydrogens (tertiary/aromatic N) is 1. The molecule has 1 aliphatic rings. The standard InChI is InChI=1S/C20H21FN2O3/c21-17-7-6-16(20(25)26)12-18(17)22-19(24)15-8-10-23(11-9-15)13-14-4-2-1-3-5-14/h1-7,12,15H,8-11,13H2,(H,22,24)(H,25,26). The molecule has 3 rings (SSSR count). The number of anilines is 1. The van der Waals surface area contributed by atoms with Gasteiger partial charge in [0.1, 0.15) is 5.82 Å². The van der Waals surface area contributed by atoms with Crippen molar-refractivity contribution >= 4 is 17.6 Å². The molecular formula is C20H21FN2O3. The van der Waals surface area contributed by atoms with Crippen LogP contribution in [0.3, 0.4) is 0 Å². The zero-order chi connectivity index (χ0) is 18.5. The fourth-order valence-corrected chi connectivity index (χ4v) is 3.18. The summed E-state index contributed by atoms with van der Waals surface area (Å²) in [4.78, 5) is 25.7. The summed E-state index contributed by atoms with van der Waals surface area (Å²) in [7, 11) is 0. The van der Waals surface area contributed by atoms with E-state index in [1.54, 1.807) is 0 Å². The molecule has 1 aliphatic heterocycles. The molecule has 6 heteroatoms. The van der Waals surface area contributed by atoms with Gasteiger partial charge in [-0.3, -0.25) is 9.69 Å². The van der Waals surface area contributed by atoms with E-state index >= 15 is 0 Å². The van der Waals surface area contributed by atoms with Gasteiger partial charge in [-0.25, -0.2) is 9.18 Å². The quantitative estimate of drug-likeness (QED) is 0.862. The third kappa shape index (κ3) is 4.46. The van der Waals surface area contributed by atoms with Gasteiger partial charge in [0, 0.05) is 12.5 Å². The highest BCUT2D eigenvalue weighted by Crippen LogP contribution is 2.23. The van der Waals surface area contributed by atoms with Gasteiger partial charge in [0.15, 0.2) is 0 Å². The first-order valence-electron chi connectivity index (χ1n) is 8.63. The maximum Gasteiger partial charge on any atom is 0.335 e. The van der Waals surface area contributed by atoms with Crippen LogP contribution in [0.25, 0.3) is 0 Å². The molecule has 136 valence electrons. The van der Waals surface area contributed by atoms with Gasteiger partial charge in [0.2, 0.25) is 5.91 Å². The Morgan fingerprint density at radius 1 is 1.12 bits per heavy atom. The number of aromatic carboxylic acids is 1. The molecule has 1 heterocycles. The number of hydrogen-bond acceptors (Lipinski definition) is 3. The van der Waals surface area contributed by atoms with Crippen LogP contribution < -0.4 is 5.32 Å². The monoisotopic (exact) mass is 356 g/mol. The molecule has 2 aromatic rings. The summed E-state index contributed by atoms with van der Waals surface area (Å²) >= 11 is 0. The summed E-state index contributed by atoms with van der Waals surface area (Å²) < 4.78 is 13.8. The largest absolute Gasteiger partial charge is 0.478 e. The minimum Gasteiger partial charge on any atom is -0.478 e. The second-order valence-corrected chi connectivity index (χ2v) is 6.53. The molecule has 0 saturated carbocycles. The number of halogens is 1. The molecule has 1 saturated heterocycles. The van der Waals surface area contributed by atoms with Crippen molar-refractivity contribution in [2.75, 3.05) is 18.4 Å². The number of carbonyl (C=O) groups is 2. The third-order valence-corrected chi connectivity index (χ3v) is 4.68. The Labute approximate surface area is 151 Å². The molecule has 2 aromatic carbocycles. The molecule has 0 unspecified atom stereocenters. The van der Waals surface area contributed by atoms with Crippen molar-refractivity contribution < 1.29 is 19.1 Å². The SMILES string of the molecule is O=C(O)c1ccc(F)c(NC(=O)C2CCN(Cc3ccccc3)CC2)c1. The van der Waals surface area contributed by atoms with Gasteiger partial charge in [-0.1, -0.05) is 30.3 Å². The van der Waals surface area contributed by atoms with Gasteiger partial charge in [0.05, 0.1) is 11.3 Å². The third-order valence-electron chi connectivity index (χ3n) is 4.68. The van der Waals surface area contributed by atoms with Gasteiger partial charge in [-0.05, 0) is 49.7 Å². The molecule has 0 aromatic heterocycles. The maximum atomic E-state index is 13.8. The number of nitrogens with one attached hydrogen (secondary N) is 1. The van der Waals surface area contributed by atoms with Crippen molar-refractivity contribution in [3.05, 3.63) is 65.5 Å². The van der Waals surface area contributed by atoms with Crippen LogP contribution in [-0.2, 0) is 11.3 Å². The molecule has 0 atom stereocenters. The summed E-state index contributed by atoms with van der Waals surface area (Å²) in [6.45, 7) is 2.44. The van der Waals surface area contributed by atoms with Crippen LogP contribution in [0.15, 0.2) is 48.5 Å². The fraction of sp³-hybridized carbons (Fsp3) is 0.300. The van der Waals surface area contributed by atoms with E-state index < -0.39 is 11.8 Å². The first kappa shape index (κ1) is 18.1. The summed E-state index contributed by atoms with van der Waals surface area (Å²) in [6, 6.07) is 13.5.